The van der Waals surface area contributed by atoms with E-state index in [2.05, 4.69) is 10.3 Å². The Morgan fingerprint density at radius 1 is 1.11 bits per heavy atom. The molecule has 0 aliphatic heterocycles. The average Bonchev–Trinajstić information content (AvgIpc) is 2.88. The molecule has 2 aromatic carbocycles. The van der Waals surface area contributed by atoms with E-state index in [9.17, 15) is 13.9 Å². The van der Waals surface area contributed by atoms with Crippen LogP contribution in [0.2, 0.25) is 0 Å². The first-order chi connectivity index (χ1) is 17.0. The maximum Gasteiger partial charge on any atom is 0.213 e. The number of aliphatic hydroxyl groups is 1. The predicted octanol–water partition coefficient (Wildman–Crippen LogP) is 4.75. The lowest BCUT2D eigenvalue weighted by molar-refractivity contribution is 0.261. The number of benzene rings is 2. The fourth-order valence-corrected chi connectivity index (χ4v) is 4.97. The van der Waals surface area contributed by atoms with Crippen molar-refractivity contribution < 1.29 is 18.6 Å². The maximum atomic E-state index is 13.7. The molecule has 1 heterocycles. The second kappa shape index (κ2) is 11.7. The van der Waals surface area contributed by atoms with Crippen LogP contribution in [-0.4, -0.2) is 35.8 Å². The van der Waals surface area contributed by atoms with Crippen molar-refractivity contribution in [1.29, 1.82) is 0 Å². The summed E-state index contributed by atoms with van der Waals surface area (Å²) in [7, 11) is 1.59. The second-order valence-electron chi connectivity index (χ2n) is 9.25. The number of aliphatic hydroxyl groups excluding tert-OH is 1. The molecule has 0 amide bonds. The van der Waals surface area contributed by atoms with Gasteiger partial charge < -0.3 is 20.9 Å². The Hall–Kier alpha value is -2.87. The first kappa shape index (κ1) is 25.2. The van der Waals surface area contributed by atoms with Crippen molar-refractivity contribution in [2.45, 2.75) is 50.8 Å². The Bertz CT molecular complexity index is 1180. The van der Waals surface area contributed by atoms with E-state index in [1.807, 2.05) is 30.3 Å². The number of hydrogen-bond acceptors (Lipinski definition) is 5. The molecule has 5 nitrogen and oxygen atoms in total. The van der Waals surface area contributed by atoms with Crippen LogP contribution in [-0.2, 0) is 13.0 Å². The third-order valence-electron chi connectivity index (χ3n) is 7.00. The lowest BCUT2D eigenvalue weighted by atomic mass is 9.79. The van der Waals surface area contributed by atoms with Crippen LogP contribution >= 0.6 is 0 Å². The third-order valence-corrected chi connectivity index (χ3v) is 7.00. The number of nitrogens with one attached hydrogen (secondary N) is 1. The Morgan fingerprint density at radius 3 is 2.63 bits per heavy atom. The normalized spacial score (nSPS) is 19.3. The van der Waals surface area contributed by atoms with Crippen LogP contribution in [0, 0.1) is 17.6 Å². The van der Waals surface area contributed by atoms with Crippen molar-refractivity contribution in [2.24, 2.45) is 11.7 Å². The second-order valence-corrected chi connectivity index (χ2v) is 9.25. The summed E-state index contributed by atoms with van der Waals surface area (Å²) >= 11 is 0. The minimum absolute atomic E-state index is 0.0166. The van der Waals surface area contributed by atoms with Gasteiger partial charge in [0.1, 0.15) is 11.6 Å². The number of rotatable bonds is 9. The smallest absolute Gasteiger partial charge is 0.213 e. The predicted molar refractivity (Wildman–Crippen MR) is 135 cm³/mol. The molecule has 3 aromatic rings. The quantitative estimate of drug-likeness (QED) is 0.411. The van der Waals surface area contributed by atoms with E-state index in [4.69, 9.17) is 10.5 Å². The van der Waals surface area contributed by atoms with Crippen LogP contribution < -0.4 is 15.8 Å². The molecule has 1 fully saturated rings. The number of methoxy groups -OCH3 is 1. The van der Waals surface area contributed by atoms with Crippen LogP contribution in [0.25, 0.3) is 17.0 Å². The highest BCUT2D eigenvalue weighted by Gasteiger charge is 2.26. The maximum absolute atomic E-state index is 13.7. The average molecular weight is 482 g/mol. The van der Waals surface area contributed by atoms with Crippen molar-refractivity contribution in [3.63, 3.8) is 0 Å². The van der Waals surface area contributed by atoms with Gasteiger partial charge in [0.25, 0.3) is 0 Å². The summed E-state index contributed by atoms with van der Waals surface area (Å²) in [5, 5.41) is 14.1. The van der Waals surface area contributed by atoms with Crippen molar-refractivity contribution in [3.05, 3.63) is 76.9 Å². The molecule has 0 spiro atoms. The van der Waals surface area contributed by atoms with E-state index in [0.29, 0.717) is 30.8 Å². The molecule has 1 atom stereocenters. The zero-order valence-corrected chi connectivity index (χ0v) is 20.0. The molecule has 1 aliphatic rings. The lowest BCUT2D eigenvalue weighted by Crippen LogP contribution is -2.39. The Kier molecular flexibility index (Phi) is 8.44. The van der Waals surface area contributed by atoms with Gasteiger partial charge in [-0.05, 0) is 73.4 Å². The number of halogens is 2. The summed E-state index contributed by atoms with van der Waals surface area (Å²) < 4.78 is 32.3. The van der Waals surface area contributed by atoms with Crippen molar-refractivity contribution >= 4 is 17.0 Å². The first-order valence-corrected chi connectivity index (χ1v) is 12.2. The molecular weight excluding hydrogens is 448 g/mol. The summed E-state index contributed by atoms with van der Waals surface area (Å²) in [6.07, 6.45) is 8.27. The first-order valence-electron chi connectivity index (χ1n) is 12.2. The third kappa shape index (κ3) is 6.23. The highest BCUT2D eigenvalue weighted by Crippen LogP contribution is 2.30. The fourth-order valence-electron chi connectivity index (χ4n) is 4.97. The Labute approximate surface area is 205 Å². The van der Waals surface area contributed by atoms with Gasteiger partial charge in [-0.15, -0.1) is 0 Å². The zero-order valence-electron chi connectivity index (χ0n) is 20.0. The summed E-state index contributed by atoms with van der Waals surface area (Å²) in [5.41, 5.74) is 9.67. The van der Waals surface area contributed by atoms with Crippen LogP contribution in [0.4, 0.5) is 8.78 Å². The molecule has 0 bridgehead atoms. The summed E-state index contributed by atoms with van der Waals surface area (Å²) in [6.45, 7) is 0.564. The lowest BCUT2D eigenvalue weighted by Gasteiger charge is -2.32. The van der Waals surface area contributed by atoms with Crippen LogP contribution in [0.3, 0.4) is 0 Å². The topological polar surface area (TPSA) is 80.4 Å². The molecule has 0 unspecified atom stereocenters. The summed E-state index contributed by atoms with van der Waals surface area (Å²) in [4.78, 5) is 4.64. The van der Waals surface area contributed by atoms with E-state index < -0.39 is 11.6 Å². The summed E-state index contributed by atoms with van der Waals surface area (Å²) in [6, 6.07) is 11.6. The van der Waals surface area contributed by atoms with E-state index in [1.54, 1.807) is 13.2 Å². The van der Waals surface area contributed by atoms with Gasteiger partial charge in [-0.1, -0.05) is 24.3 Å². The molecular formula is C28H33F2N3O2. The largest absolute Gasteiger partial charge is 0.481 e. The molecule has 186 valence electrons. The molecule has 0 saturated heterocycles. The molecule has 1 saturated carbocycles. The number of ether oxygens (including phenoxy) is 1. The molecule has 0 radical (unpaired) electrons. The molecule has 4 rings (SSSR count). The van der Waals surface area contributed by atoms with Gasteiger partial charge in [0.05, 0.1) is 19.2 Å². The SMILES string of the molecule is COc1ccc2c(CO)ccc(C[C@@H](N)C3CCC(NC/C=C/c4cc(F)ccc4F)CC3)c2n1. The minimum atomic E-state index is -0.444. The molecule has 1 aromatic heterocycles. The summed E-state index contributed by atoms with van der Waals surface area (Å²) in [5.74, 6) is 0.0943. The highest BCUT2D eigenvalue weighted by molar-refractivity contribution is 5.85. The van der Waals surface area contributed by atoms with Gasteiger partial charge in [0.15, 0.2) is 0 Å². The van der Waals surface area contributed by atoms with Gasteiger partial charge in [-0.25, -0.2) is 13.8 Å². The van der Waals surface area contributed by atoms with E-state index in [0.717, 1.165) is 59.8 Å². The van der Waals surface area contributed by atoms with Crippen molar-refractivity contribution in [3.8, 4) is 5.88 Å². The van der Waals surface area contributed by atoms with Crippen molar-refractivity contribution in [2.75, 3.05) is 13.7 Å². The van der Waals surface area contributed by atoms with Crippen LogP contribution in [0.15, 0.2) is 48.5 Å². The molecule has 1 aliphatic carbocycles. The Morgan fingerprint density at radius 2 is 1.89 bits per heavy atom. The minimum Gasteiger partial charge on any atom is -0.481 e. The van der Waals surface area contributed by atoms with E-state index in [1.165, 1.54) is 6.07 Å². The van der Waals surface area contributed by atoms with Gasteiger partial charge in [-0.3, -0.25) is 0 Å². The molecule has 4 N–H and O–H groups in total. The van der Waals surface area contributed by atoms with Gasteiger partial charge in [0, 0.05) is 35.6 Å². The fraction of sp³-hybridized carbons (Fsp3) is 0.393. The van der Waals surface area contributed by atoms with Crippen molar-refractivity contribution in [1.82, 2.24) is 10.3 Å². The van der Waals surface area contributed by atoms with E-state index >= 15 is 0 Å². The zero-order chi connectivity index (χ0) is 24.8. The van der Waals surface area contributed by atoms with Gasteiger partial charge in [0.2, 0.25) is 5.88 Å². The monoisotopic (exact) mass is 481 g/mol. The standard InChI is InChI=1S/C28H33F2N3O2/c1-35-27-13-11-24-21(17-34)5-4-20(28(24)33-27)16-26(31)18-6-9-23(10-7-18)32-14-2-3-19-15-22(29)8-12-25(19)30/h2-5,8,11-13,15,18,23,26,32,34H,6-7,9-10,14,16-17,31H2,1H3/b3-2+/t18?,23?,26-/m1/s1. The number of pyridine rings is 1. The van der Waals surface area contributed by atoms with Gasteiger partial charge in [-0.2, -0.15) is 0 Å². The van der Waals surface area contributed by atoms with Crippen LogP contribution in [0.1, 0.15) is 42.4 Å². The van der Waals surface area contributed by atoms with Crippen LogP contribution in [0.5, 0.6) is 5.88 Å². The number of hydrogen-bond donors (Lipinski definition) is 3. The van der Waals surface area contributed by atoms with E-state index in [-0.39, 0.29) is 18.2 Å². The number of fused-ring (bicyclic) bond motifs is 1. The molecule has 7 heteroatoms. The highest BCUT2D eigenvalue weighted by atomic mass is 19.1. The van der Waals surface area contributed by atoms with Gasteiger partial charge >= 0.3 is 0 Å². The Balaban J connectivity index is 1.31. The number of nitrogens with two attached hydrogens (primary N) is 1. The number of nitrogens with zero attached hydrogens (tertiary/aromatic N) is 1. The number of aromatic nitrogens is 1. The molecule has 35 heavy (non-hydrogen) atoms.